The van der Waals surface area contributed by atoms with Crippen molar-refractivity contribution < 1.29 is 41.7 Å². The number of carboxylic acids is 1. The summed E-state index contributed by atoms with van der Waals surface area (Å²) in [4.78, 5) is 10.3. The van der Waals surface area contributed by atoms with Gasteiger partial charge in [0.25, 0.3) is 0 Å². The number of aromatic carboxylic acids is 1. The largest absolute Gasteiger partial charge is 2.00 e. The van der Waals surface area contributed by atoms with Crippen LogP contribution >= 0.6 is 0 Å². The van der Waals surface area contributed by atoms with E-state index in [2.05, 4.69) is 21.1 Å². The van der Waals surface area contributed by atoms with E-state index < -0.39 is 5.97 Å². The van der Waals surface area contributed by atoms with E-state index in [9.17, 15) is 4.79 Å². The number of rotatable bonds is 3. The number of hydrogen-bond donors (Lipinski definition) is 3. The molecule has 0 amide bonds. The van der Waals surface area contributed by atoms with Gasteiger partial charge in [-0.3, -0.25) is 0 Å². The average Bonchev–Trinajstić information content (AvgIpc) is 2.16. The van der Waals surface area contributed by atoms with Crippen LogP contribution in [0, 0.1) is 0 Å². The maximum Gasteiger partial charge on any atom is 2.00 e. The van der Waals surface area contributed by atoms with E-state index in [0.29, 0.717) is 0 Å². The van der Waals surface area contributed by atoms with Gasteiger partial charge in [0.15, 0.2) is 0 Å². The second-order valence-corrected chi connectivity index (χ2v) is 4.56. The Morgan fingerprint density at radius 1 is 1.21 bits per heavy atom. The smallest absolute Gasteiger partial charge is 0.507 e. The van der Waals surface area contributed by atoms with Crippen molar-refractivity contribution in [2.45, 2.75) is 0 Å². The van der Waals surface area contributed by atoms with Crippen molar-refractivity contribution in [2.24, 2.45) is 0 Å². The number of para-hydroxylation sites is 1. The Morgan fingerprint density at radius 2 is 1.68 bits per heavy atom. The van der Waals surface area contributed by atoms with Crippen LogP contribution in [0.4, 0.5) is 0 Å². The van der Waals surface area contributed by atoms with Crippen molar-refractivity contribution in [1.82, 2.24) is 0 Å². The predicted octanol–water partition coefficient (Wildman–Crippen LogP) is 0.392. The number of hydrogen-bond acceptors (Lipinski definition) is 3. The number of nitrogens with zero attached hydrogens (tertiary/aromatic N) is 1. The summed E-state index contributed by atoms with van der Waals surface area (Å²) in [5.41, 5.74) is -0.0671. The molecule has 1 aromatic rings. The fraction of sp³-hybridized carbons (Fsp3) is 0.417. The predicted molar refractivity (Wildman–Crippen MR) is 70.8 cm³/mol. The average molecular weight is 330 g/mol. The minimum atomic E-state index is -1.11. The Labute approximate surface area is 140 Å². The molecular formula is C12H20CuMgNO4+5. The maximum atomic E-state index is 10.3. The maximum absolute atomic E-state index is 10.3. The number of carbonyl (C=O) groups is 1. The summed E-state index contributed by atoms with van der Waals surface area (Å²) in [6.07, 6.45) is 0. The van der Waals surface area contributed by atoms with E-state index in [1.165, 1.54) is 12.1 Å². The van der Waals surface area contributed by atoms with Gasteiger partial charge in [-0.15, -0.1) is 0 Å². The van der Waals surface area contributed by atoms with Gasteiger partial charge in [-0.25, -0.2) is 4.79 Å². The zero-order chi connectivity index (χ0) is 13.5. The third-order valence-corrected chi connectivity index (χ3v) is 1.91. The van der Waals surface area contributed by atoms with E-state index in [-0.39, 0.29) is 58.0 Å². The van der Waals surface area contributed by atoms with Crippen LogP contribution in [0.3, 0.4) is 0 Å². The van der Waals surface area contributed by atoms with Crippen molar-refractivity contribution in [2.75, 3.05) is 34.3 Å². The SMILES string of the molecule is C[N+](C)(C)CCO.O=C(O)c1ccccc1O.[Cu+2].[Mg+2]. The molecule has 0 bridgehead atoms. The third-order valence-electron chi connectivity index (χ3n) is 1.91. The second kappa shape index (κ2) is 11.5. The van der Waals surface area contributed by atoms with Gasteiger partial charge in [0.05, 0.1) is 27.7 Å². The van der Waals surface area contributed by atoms with Crippen LogP contribution in [0.5, 0.6) is 5.75 Å². The fourth-order valence-electron chi connectivity index (χ4n) is 0.954. The van der Waals surface area contributed by atoms with Crippen molar-refractivity contribution in [3.05, 3.63) is 29.8 Å². The summed E-state index contributed by atoms with van der Waals surface area (Å²) in [7, 11) is 6.16. The Hall–Kier alpha value is -0.304. The van der Waals surface area contributed by atoms with E-state index in [1.54, 1.807) is 12.1 Å². The van der Waals surface area contributed by atoms with Crippen LogP contribution < -0.4 is 0 Å². The molecule has 1 aromatic carbocycles. The Bertz CT molecular complexity index is 369. The number of likely N-dealkylation sites (N-methyl/N-ethyl adjacent to an activating group) is 1. The molecule has 0 saturated heterocycles. The number of benzene rings is 1. The molecule has 1 rings (SSSR count). The molecule has 0 atom stereocenters. The number of aromatic hydroxyl groups is 1. The van der Waals surface area contributed by atoms with E-state index in [0.717, 1.165) is 11.0 Å². The molecule has 5 nitrogen and oxygen atoms in total. The van der Waals surface area contributed by atoms with Crippen LogP contribution in [0.2, 0.25) is 0 Å². The zero-order valence-corrected chi connectivity index (χ0v) is 13.8. The van der Waals surface area contributed by atoms with Crippen LogP contribution in [-0.4, -0.2) is 83.1 Å². The first kappa shape index (κ1) is 23.8. The summed E-state index contributed by atoms with van der Waals surface area (Å²) in [6, 6.07) is 5.81. The molecular weight excluding hydrogens is 310 g/mol. The quantitative estimate of drug-likeness (QED) is 0.554. The normalized spacial score (nSPS) is 9.26. The van der Waals surface area contributed by atoms with Gasteiger partial charge in [0, 0.05) is 0 Å². The van der Waals surface area contributed by atoms with Gasteiger partial charge in [-0.05, 0) is 12.1 Å². The topological polar surface area (TPSA) is 77.8 Å². The molecule has 19 heavy (non-hydrogen) atoms. The summed E-state index contributed by atoms with van der Waals surface area (Å²) in [6.45, 7) is 1.11. The van der Waals surface area contributed by atoms with Crippen LogP contribution in [0.25, 0.3) is 0 Å². The second-order valence-electron chi connectivity index (χ2n) is 4.56. The number of phenols is 1. The van der Waals surface area contributed by atoms with Crippen molar-refractivity contribution in [3.8, 4) is 5.75 Å². The van der Waals surface area contributed by atoms with Crippen molar-refractivity contribution >= 4 is 29.0 Å². The molecule has 0 saturated carbocycles. The fourth-order valence-corrected chi connectivity index (χ4v) is 0.954. The van der Waals surface area contributed by atoms with Gasteiger partial charge in [0.1, 0.15) is 17.9 Å². The molecule has 1 radical (unpaired) electrons. The standard InChI is InChI=1S/C7H6O3.C5H14NO.Cu.Mg/c8-6-4-2-1-3-5(6)7(9)10;1-6(2,3)4-5-7;;/h1-4,8H,(H,9,10);7H,4-5H2,1-3H3;;/q;+1;2*+2. The summed E-state index contributed by atoms with van der Waals surface area (Å²) < 4.78 is 0.844. The van der Waals surface area contributed by atoms with Gasteiger partial charge < -0.3 is 19.8 Å². The van der Waals surface area contributed by atoms with Crippen molar-refractivity contribution in [3.63, 3.8) is 0 Å². The van der Waals surface area contributed by atoms with Crippen LogP contribution in [0.1, 0.15) is 10.4 Å². The minimum absolute atomic E-state index is 0. The molecule has 0 spiro atoms. The molecule has 7 heteroatoms. The summed E-state index contributed by atoms with van der Waals surface area (Å²) >= 11 is 0. The molecule has 0 aromatic heterocycles. The van der Waals surface area contributed by atoms with Crippen LogP contribution in [0.15, 0.2) is 24.3 Å². The first-order valence-electron chi connectivity index (χ1n) is 5.20. The molecule has 0 aliphatic carbocycles. The number of aliphatic hydroxyl groups excluding tert-OH is 1. The van der Waals surface area contributed by atoms with Gasteiger partial charge in [-0.1, -0.05) is 12.1 Å². The molecule has 0 aliphatic heterocycles. The minimum Gasteiger partial charge on any atom is -0.507 e. The Balaban J connectivity index is -0.000000258. The molecule has 105 valence electrons. The molecule has 0 aliphatic rings. The first-order chi connectivity index (χ1) is 7.78. The van der Waals surface area contributed by atoms with Crippen molar-refractivity contribution in [1.29, 1.82) is 0 Å². The Kier molecular flexibility index (Phi) is 14.4. The van der Waals surface area contributed by atoms with Gasteiger partial charge >= 0.3 is 46.1 Å². The van der Waals surface area contributed by atoms with E-state index in [4.69, 9.17) is 15.3 Å². The summed E-state index contributed by atoms with van der Waals surface area (Å²) in [5, 5.41) is 25.7. The van der Waals surface area contributed by atoms with Gasteiger partial charge in [-0.2, -0.15) is 0 Å². The van der Waals surface area contributed by atoms with Gasteiger partial charge in [0.2, 0.25) is 0 Å². The first-order valence-corrected chi connectivity index (χ1v) is 5.20. The number of quaternary nitrogens is 1. The third kappa shape index (κ3) is 12.5. The molecule has 0 unspecified atom stereocenters. The zero-order valence-electron chi connectivity index (χ0n) is 11.4. The molecule has 0 fully saturated rings. The summed E-state index contributed by atoms with van der Waals surface area (Å²) in [5.74, 6) is -1.31. The Morgan fingerprint density at radius 3 is 1.89 bits per heavy atom. The number of aliphatic hydroxyl groups is 1. The monoisotopic (exact) mass is 329 g/mol. The van der Waals surface area contributed by atoms with E-state index in [1.807, 2.05) is 0 Å². The van der Waals surface area contributed by atoms with Crippen LogP contribution in [-0.2, 0) is 17.1 Å². The number of carboxylic acid groups (broad SMARTS) is 1. The molecule has 0 heterocycles. The van der Waals surface area contributed by atoms with E-state index >= 15 is 0 Å². The molecule has 3 N–H and O–H groups in total.